The fraction of sp³-hybridized carbons (Fsp3) is 0.400. The predicted molar refractivity (Wildman–Crippen MR) is 57.8 cm³/mol. The second kappa shape index (κ2) is 4.63. The second-order valence-corrected chi connectivity index (χ2v) is 3.89. The maximum atomic E-state index is 5.59. The molecule has 2 nitrogen and oxygen atoms in total. The third kappa shape index (κ3) is 2.71. The molecule has 3 heteroatoms. The SMILES string of the molecule is CC(C)Oc1cccc(CN)c1Br. The Morgan fingerprint density at radius 2 is 2.15 bits per heavy atom. The van der Waals surface area contributed by atoms with Crippen LogP contribution in [-0.2, 0) is 6.54 Å². The maximum Gasteiger partial charge on any atom is 0.134 e. The van der Waals surface area contributed by atoms with Gasteiger partial charge in [0.1, 0.15) is 5.75 Å². The van der Waals surface area contributed by atoms with Gasteiger partial charge in [0.25, 0.3) is 0 Å². The van der Waals surface area contributed by atoms with Crippen molar-refractivity contribution in [1.29, 1.82) is 0 Å². The molecular formula is C10H14BrNO. The first kappa shape index (κ1) is 10.5. The Kier molecular flexibility index (Phi) is 3.75. The Balaban J connectivity index is 2.94. The molecule has 0 aromatic heterocycles. The summed E-state index contributed by atoms with van der Waals surface area (Å²) < 4.78 is 6.55. The summed E-state index contributed by atoms with van der Waals surface area (Å²) in [6.07, 6.45) is 0.185. The highest BCUT2D eigenvalue weighted by molar-refractivity contribution is 9.10. The van der Waals surface area contributed by atoms with Gasteiger partial charge in [-0.3, -0.25) is 0 Å². The normalized spacial score (nSPS) is 10.5. The van der Waals surface area contributed by atoms with Gasteiger partial charge in [-0.25, -0.2) is 0 Å². The molecule has 0 unspecified atom stereocenters. The van der Waals surface area contributed by atoms with E-state index in [0.717, 1.165) is 15.8 Å². The molecule has 0 aliphatic rings. The molecule has 0 aliphatic carbocycles. The molecule has 0 saturated carbocycles. The first-order valence-corrected chi connectivity index (χ1v) is 5.08. The van der Waals surface area contributed by atoms with E-state index in [4.69, 9.17) is 10.5 Å². The largest absolute Gasteiger partial charge is 0.490 e. The average molecular weight is 244 g/mol. The zero-order chi connectivity index (χ0) is 9.84. The molecule has 1 aromatic carbocycles. The molecule has 0 heterocycles. The lowest BCUT2D eigenvalue weighted by atomic mass is 10.2. The highest BCUT2D eigenvalue weighted by Crippen LogP contribution is 2.28. The van der Waals surface area contributed by atoms with Crippen molar-refractivity contribution >= 4 is 15.9 Å². The van der Waals surface area contributed by atoms with Gasteiger partial charge < -0.3 is 10.5 Å². The first-order valence-electron chi connectivity index (χ1n) is 4.29. The van der Waals surface area contributed by atoms with Crippen LogP contribution in [0, 0.1) is 0 Å². The van der Waals surface area contributed by atoms with Crippen LogP contribution in [-0.4, -0.2) is 6.10 Å². The molecule has 0 bridgehead atoms. The molecule has 13 heavy (non-hydrogen) atoms. The number of ether oxygens (including phenoxy) is 1. The molecule has 72 valence electrons. The van der Waals surface area contributed by atoms with Gasteiger partial charge >= 0.3 is 0 Å². The van der Waals surface area contributed by atoms with E-state index in [0.29, 0.717) is 6.54 Å². The topological polar surface area (TPSA) is 35.2 Å². The highest BCUT2D eigenvalue weighted by atomic mass is 79.9. The van der Waals surface area contributed by atoms with E-state index in [1.54, 1.807) is 0 Å². The van der Waals surface area contributed by atoms with Crippen molar-refractivity contribution in [3.05, 3.63) is 28.2 Å². The minimum Gasteiger partial charge on any atom is -0.490 e. The van der Waals surface area contributed by atoms with Gasteiger partial charge in [-0.05, 0) is 41.4 Å². The molecule has 2 N–H and O–H groups in total. The molecule has 0 spiro atoms. The lowest BCUT2D eigenvalue weighted by Crippen LogP contribution is -2.07. The number of benzene rings is 1. The zero-order valence-electron chi connectivity index (χ0n) is 7.88. The molecule has 0 saturated heterocycles. The fourth-order valence-corrected chi connectivity index (χ4v) is 1.58. The smallest absolute Gasteiger partial charge is 0.134 e. The summed E-state index contributed by atoms with van der Waals surface area (Å²) in [4.78, 5) is 0. The zero-order valence-corrected chi connectivity index (χ0v) is 9.47. The Hall–Kier alpha value is -0.540. The summed E-state index contributed by atoms with van der Waals surface area (Å²) >= 11 is 3.46. The van der Waals surface area contributed by atoms with Crippen LogP contribution in [0.25, 0.3) is 0 Å². The Bertz CT molecular complexity index is 286. The van der Waals surface area contributed by atoms with Crippen LogP contribution in [0.15, 0.2) is 22.7 Å². The molecular weight excluding hydrogens is 230 g/mol. The Labute approximate surface area is 87.2 Å². The lowest BCUT2D eigenvalue weighted by Gasteiger charge is -2.13. The van der Waals surface area contributed by atoms with Gasteiger partial charge in [-0.2, -0.15) is 0 Å². The molecule has 0 radical (unpaired) electrons. The van der Waals surface area contributed by atoms with Crippen LogP contribution in [0.5, 0.6) is 5.75 Å². The Morgan fingerprint density at radius 3 is 2.69 bits per heavy atom. The van der Waals surface area contributed by atoms with Crippen molar-refractivity contribution in [3.63, 3.8) is 0 Å². The van der Waals surface area contributed by atoms with Crippen LogP contribution in [0.4, 0.5) is 0 Å². The highest BCUT2D eigenvalue weighted by Gasteiger charge is 2.06. The van der Waals surface area contributed by atoms with Gasteiger partial charge in [-0.1, -0.05) is 12.1 Å². The van der Waals surface area contributed by atoms with Crippen molar-refractivity contribution in [2.45, 2.75) is 26.5 Å². The quantitative estimate of drug-likeness (QED) is 0.887. The summed E-state index contributed by atoms with van der Waals surface area (Å²) in [5, 5.41) is 0. The monoisotopic (exact) mass is 243 g/mol. The summed E-state index contributed by atoms with van der Waals surface area (Å²) in [6.45, 7) is 4.53. The van der Waals surface area contributed by atoms with Crippen molar-refractivity contribution in [2.75, 3.05) is 0 Å². The van der Waals surface area contributed by atoms with E-state index in [-0.39, 0.29) is 6.10 Å². The van der Waals surface area contributed by atoms with Gasteiger partial charge in [0.2, 0.25) is 0 Å². The van der Waals surface area contributed by atoms with Gasteiger partial charge in [0.05, 0.1) is 10.6 Å². The molecule has 0 atom stereocenters. The summed E-state index contributed by atoms with van der Waals surface area (Å²) in [7, 11) is 0. The van der Waals surface area contributed by atoms with Crippen LogP contribution in [0.1, 0.15) is 19.4 Å². The molecule has 1 aromatic rings. The number of rotatable bonds is 3. The predicted octanol–water partition coefficient (Wildman–Crippen LogP) is 2.70. The van der Waals surface area contributed by atoms with Gasteiger partial charge in [0, 0.05) is 6.54 Å². The lowest BCUT2D eigenvalue weighted by molar-refractivity contribution is 0.240. The van der Waals surface area contributed by atoms with E-state index in [9.17, 15) is 0 Å². The van der Waals surface area contributed by atoms with Crippen molar-refractivity contribution in [2.24, 2.45) is 5.73 Å². The number of hydrogen-bond acceptors (Lipinski definition) is 2. The third-order valence-corrected chi connectivity index (χ3v) is 2.53. The molecule has 0 amide bonds. The van der Waals surface area contributed by atoms with E-state index >= 15 is 0 Å². The summed E-state index contributed by atoms with van der Waals surface area (Å²) in [5.74, 6) is 0.859. The molecule has 0 fully saturated rings. The third-order valence-electron chi connectivity index (χ3n) is 1.63. The number of nitrogens with two attached hydrogens (primary N) is 1. The maximum absolute atomic E-state index is 5.59. The second-order valence-electron chi connectivity index (χ2n) is 3.10. The summed E-state index contributed by atoms with van der Waals surface area (Å²) in [6, 6.07) is 5.87. The van der Waals surface area contributed by atoms with Crippen LogP contribution >= 0.6 is 15.9 Å². The van der Waals surface area contributed by atoms with E-state index in [2.05, 4.69) is 15.9 Å². The number of hydrogen-bond donors (Lipinski definition) is 1. The van der Waals surface area contributed by atoms with Gasteiger partial charge in [0.15, 0.2) is 0 Å². The van der Waals surface area contributed by atoms with Crippen LogP contribution in [0.2, 0.25) is 0 Å². The van der Waals surface area contributed by atoms with Gasteiger partial charge in [-0.15, -0.1) is 0 Å². The van der Waals surface area contributed by atoms with Crippen molar-refractivity contribution in [3.8, 4) is 5.75 Å². The first-order chi connectivity index (χ1) is 6.15. The minimum atomic E-state index is 0.185. The average Bonchev–Trinajstić information content (AvgIpc) is 2.08. The van der Waals surface area contributed by atoms with Crippen molar-refractivity contribution < 1.29 is 4.74 Å². The van der Waals surface area contributed by atoms with Crippen LogP contribution < -0.4 is 10.5 Å². The minimum absolute atomic E-state index is 0.185. The fourth-order valence-electron chi connectivity index (χ4n) is 1.06. The van der Waals surface area contributed by atoms with E-state index < -0.39 is 0 Å². The molecule has 0 aliphatic heterocycles. The molecule has 1 rings (SSSR count). The Morgan fingerprint density at radius 1 is 1.46 bits per heavy atom. The van der Waals surface area contributed by atoms with E-state index in [1.807, 2.05) is 32.0 Å². The van der Waals surface area contributed by atoms with E-state index in [1.165, 1.54) is 0 Å². The summed E-state index contributed by atoms with van der Waals surface area (Å²) in [5.41, 5.74) is 6.63. The number of halogens is 1. The van der Waals surface area contributed by atoms with Crippen LogP contribution in [0.3, 0.4) is 0 Å². The van der Waals surface area contributed by atoms with Crippen molar-refractivity contribution in [1.82, 2.24) is 0 Å². The standard InChI is InChI=1S/C10H14BrNO/c1-7(2)13-9-5-3-4-8(6-12)10(9)11/h3-5,7H,6,12H2,1-2H3.